The zero-order chi connectivity index (χ0) is 14.9. The molecule has 2 aromatic rings. The van der Waals surface area contributed by atoms with Gasteiger partial charge in [-0.05, 0) is 37.5 Å². The summed E-state index contributed by atoms with van der Waals surface area (Å²) >= 11 is 1.57. The van der Waals surface area contributed by atoms with Crippen molar-refractivity contribution in [2.24, 2.45) is 0 Å². The number of aryl methyl sites for hydroxylation is 1. The molecule has 4 nitrogen and oxygen atoms in total. The van der Waals surface area contributed by atoms with E-state index in [0.29, 0.717) is 17.9 Å². The van der Waals surface area contributed by atoms with Crippen LogP contribution in [0.5, 0.6) is 0 Å². The van der Waals surface area contributed by atoms with Crippen molar-refractivity contribution >= 4 is 21.4 Å². The minimum atomic E-state index is -3.40. The van der Waals surface area contributed by atoms with Crippen molar-refractivity contribution < 1.29 is 8.42 Å². The van der Waals surface area contributed by atoms with E-state index in [9.17, 15) is 8.42 Å². The van der Waals surface area contributed by atoms with Crippen LogP contribution in [0.3, 0.4) is 0 Å². The number of hydrogen-bond donors (Lipinski definition) is 0. The fourth-order valence-electron chi connectivity index (χ4n) is 2.35. The zero-order valence-corrected chi connectivity index (χ0v) is 13.5. The number of thiazole rings is 1. The molecule has 0 bridgehead atoms. The largest absolute Gasteiger partial charge is 0.250 e. The first-order chi connectivity index (χ1) is 10.1. The molecule has 1 fully saturated rings. The van der Waals surface area contributed by atoms with Crippen LogP contribution in [-0.4, -0.2) is 30.3 Å². The summed E-state index contributed by atoms with van der Waals surface area (Å²) in [6.07, 6.45) is 4.36. The van der Waals surface area contributed by atoms with Crippen LogP contribution in [-0.2, 0) is 16.4 Å². The molecule has 0 radical (unpaired) electrons. The Kier molecular flexibility index (Phi) is 4.10. The number of benzene rings is 1. The standard InChI is InChI=1S/C15H18N2O2S2/c1-12-3-2-4-14(11-12)21(18,19)17(13-5-6-13)9-7-15-16-8-10-20-15/h2-4,8,10-11,13H,5-7,9H2,1H3. The molecule has 3 rings (SSSR count). The van der Waals surface area contributed by atoms with Gasteiger partial charge in [-0.25, -0.2) is 13.4 Å². The molecule has 21 heavy (non-hydrogen) atoms. The Labute approximate surface area is 129 Å². The third-order valence-electron chi connectivity index (χ3n) is 3.58. The quantitative estimate of drug-likeness (QED) is 0.822. The van der Waals surface area contributed by atoms with Crippen molar-refractivity contribution in [2.75, 3.05) is 6.54 Å². The van der Waals surface area contributed by atoms with Crippen LogP contribution < -0.4 is 0 Å². The molecule has 1 aliphatic carbocycles. The van der Waals surface area contributed by atoms with Gasteiger partial charge in [0.1, 0.15) is 0 Å². The summed E-state index contributed by atoms with van der Waals surface area (Å²) in [4.78, 5) is 4.63. The van der Waals surface area contributed by atoms with Gasteiger partial charge in [-0.1, -0.05) is 12.1 Å². The average molecular weight is 322 g/mol. The van der Waals surface area contributed by atoms with Gasteiger partial charge in [0, 0.05) is 30.6 Å². The fourth-order valence-corrected chi connectivity index (χ4v) is 4.76. The SMILES string of the molecule is Cc1cccc(S(=O)(=O)N(CCc2nccs2)C2CC2)c1. The van der Waals surface area contributed by atoms with E-state index < -0.39 is 10.0 Å². The van der Waals surface area contributed by atoms with Crippen molar-refractivity contribution in [1.29, 1.82) is 0 Å². The highest BCUT2D eigenvalue weighted by Crippen LogP contribution is 2.32. The van der Waals surface area contributed by atoms with Gasteiger partial charge in [0.05, 0.1) is 9.90 Å². The number of hydrogen-bond acceptors (Lipinski definition) is 4. The van der Waals surface area contributed by atoms with E-state index in [0.717, 1.165) is 23.4 Å². The maximum Gasteiger partial charge on any atom is 0.243 e. The Morgan fingerprint density at radius 2 is 2.19 bits per heavy atom. The van der Waals surface area contributed by atoms with Crippen molar-refractivity contribution in [1.82, 2.24) is 9.29 Å². The Morgan fingerprint density at radius 1 is 1.38 bits per heavy atom. The molecule has 6 heteroatoms. The molecule has 112 valence electrons. The fraction of sp³-hybridized carbons (Fsp3) is 0.400. The van der Waals surface area contributed by atoms with E-state index in [-0.39, 0.29) is 6.04 Å². The van der Waals surface area contributed by atoms with Gasteiger partial charge in [0.2, 0.25) is 10.0 Å². The highest BCUT2D eigenvalue weighted by Gasteiger charge is 2.37. The van der Waals surface area contributed by atoms with E-state index >= 15 is 0 Å². The van der Waals surface area contributed by atoms with Crippen LogP contribution in [0.15, 0.2) is 40.7 Å². The lowest BCUT2D eigenvalue weighted by Gasteiger charge is -2.21. The lowest BCUT2D eigenvalue weighted by molar-refractivity contribution is 0.407. The predicted octanol–water partition coefficient (Wildman–Crippen LogP) is 2.85. The van der Waals surface area contributed by atoms with Gasteiger partial charge in [-0.15, -0.1) is 11.3 Å². The lowest BCUT2D eigenvalue weighted by atomic mass is 10.2. The van der Waals surface area contributed by atoms with Crippen LogP contribution in [0.2, 0.25) is 0 Å². The summed E-state index contributed by atoms with van der Waals surface area (Å²) in [5.41, 5.74) is 0.965. The van der Waals surface area contributed by atoms with Gasteiger partial charge in [-0.2, -0.15) is 4.31 Å². The topological polar surface area (TPSA) is 50.3 Å². The maximum absolute atomic E-state index is 12.8. The molecular weight excluding hydrogens is 304 g/mol. The van der Waals surface area contributed by atoms with E-state index in [2.05, 4.69) is 4.98 Å². The first kappa shape index (κ1) is 14.7. The minimum Gasteiger partial charge on any atom is -0.250 e. The van der Waals surface area contributed by atoms with Crippen molar-refractivity contribution in [3.63, 3.8) is 0 Å². The smallest absolute Gasteiger partial charge is 0.243 e. The molecule has 0 spiro atoms. The van der Waals surface area contributed by atoms with E-state index in [1.54, 1.807) is 40.0 Å². The third-order valence-corrected chi connectivity index (χ3v) is 6.37. The average Bonchev–Trinajstić information content (AvgIpc) is 3.14. The van der Waals surface area contributed by atoms with Crippen LogP contribution in [0.4, 0.5) is 0 Å². The van der Waals surface area contributed by atoms with Crippen LogP contribution >= 0.6 is 11.3 Å². The normalized spacial score (nSPS) is 15.5. The summed E-state index contributed by atoms with van der Waals surface area (Å²) < 4.78 is 27.3. The predicted molar refractivity (Wildman–Crippen MR) is 83.9 cm³/mol. The van der Waals surface area contributed by atoms with Gasteiger partial charge >= 0.3 is 0 Å². The highest BCUT2D eigenvalue weighted by atomic mass is 32.2. The van der Waals surface area contributed by atoms with Gasteiger partial charge in [0.25, 0.3) is 0 Å². The summed E-state index contributed by atoms with van der Waals surface area (Å²) in [6, 6.07) is 7.30. The zero-order valence-electron chi connectivity index (χ0n) is 11.9. The van der Waals surface area contributed by atoms with Gasteiger partial charge < -0.3 is 0 Å². The maximum atomic E-state index is 12.8. The van der Waals surface area contributed by atoms with Crippen molar-refractivity contribution in [3.8, 4) is 0 Å². The van der Waals surface area contributed by atoms with E-state index in [1.165, 1.54) is 0 Å². The Bertz CT molecular complexity index is 707. The molecule has 1 aromatic heterocycles. The summed E-state index contributed by atoms with van der Waals surface area (Å²) in [5.74, 6) is 0. The van der Waals surface area contributed by atoms with Crippen molar-refractivity contribution in [2.45, 2.75) is 37.1 Å². The molecule has 0 saturated heterocycles. The molecule has 0 unspecified atom stereocenters. The molecule has 0 atom stereocenters. The Morgan fingerprint density at radius 3 is 2.81 bits per heavy atom. The molecule has 1 aromatic carbocycles. The van der Waals surface area contributed by atoms with E-state index in [1.807, 2.05) is 18.4 Å². The Balaban J connectivity index is 1.82. The first-order valence-corrected chi connectivity index (χ1v) is 9.36. The summed E-state index contributed by atoms with van der Waals surface area (Å²) in [5, 5.41) is 2.91. The second kappa shape index (κ2) is 5.87. The highest BCUT2D eigenvalue weighted by molar-refractivity contribution is 7.89. The van der Waals surface area contributed by atoms with Crippen LogP contribution in [0.25, 0.3) is 0 Å². The molecular formula is C15H18N2O2S2. The molecule has 1 aliphatic rings. The number of aromatic nitrogens is 1. The Hall–Kier alpha value is -1.24. The number of sulfonamides is 1. The third kappa shape index (κ3) is 3.33. The van der Waals surface area contributed by atoms with Crippen LogP contribution in [0.1, 0.15) is 23.4 Å². The van der Waals surface area contributed by atoms with Crippen molar-refractivity contribution in [3.05, 3.63) is 46.4 Å². The number of rotatable bonds is 6. The second-order valence-electron chi connectivity index (χ2n) is 5.34. The van der Waals surface area contributed by atoms with E-state index in [4.69, 9.17) is 0 Å². The number of nitrogens with zero attached hydrogens (tertiary/aromatic N) is 2. The molecule has 1 saturated carbocycles. The molecule has 0 N–H and O–H groups in total. The molecule has 1 heterocycles. The van der Waals surface area contributed by atoms with Gasteiger partial charge in [0.15, 0.2) is 0 Å². The molecule has 0 amide bonds. The molecule has 0 aliphatic heterocycles. The summed E-state index contributed by atoms with van der Waals surface area (Å²) in [7, 11) is -3.40. The second-order valence-corrected chi connectivity index (χ2v) is 8.21. The first-order valence-electron chi connectivity index (χ1n) is 7.04. The summed E-state index contributed by atoms with van der Waals surface area (Å²) in [6.45, 7) is 2.42. The lowest BCUT2D eigenvalue weighted by Crippen LogP contribution is -2.35. The van der Waals surface area contributed by atoms with Crippen LogP contribution in [0, 0.1) is 6.92 Å². The monoisotopic (exact) mass is 322 g/mol. The van der Waals surface area contributed by atoms with Gasteiger partial charge in [-0.3, -0.25) is 0 Å². The minimum absolute atomic E-state index is 0.162.